The molecule has 0 radical (unpaired) electrons. The van der Waals surface area contributed by atoms with Gasteiger partial charge in [0, 0.05) is 5.39 Å². The number of para-hydroxylation sites is 1. The molecular weight excluding hydrogens is 287 g/mol. The molecule has 4 aromatic rings. The molecule has 0 N–H and O–H groups in total. The van der Waals surface area contributed by atoms with E-state index in [2.05, 4.69) is 0 Å². The number of hydrogen-bond donors (Lipinski definition) is 0. The molecule has 0 bridgehead atoms. The zero-order valence-corrected chi connectivity index (χ0v) is 12.4. The van der Waals surface area contributed by atoms with Gasteiger partial charge in [-0.1, -0.05) is 60.7 Å². The highest BCUT2D eigenvalue weighted by Crippen LogP contribution is 2.35. The predicted octanol–water partition coefficient (Wildman–Crippen LogP) is 5.75. The maximum Gasteiger partial charge on any atom is 0.134 e. The Hall–Kier alpha value is -2.87. The number of hydrogen-bond acceptors (Lipinski definition) is 1. The Morgan fingerprint density at radius 3 is 2.22 bits per heavy atom. The van der Waals surface area contributed by atoms with Gasteiger partial charge in [0.1, 0.15) is 17.2 Å². The fraction of sp³-hybridized carbons (Fsp3) is 0.0476. The molecule has 1 unspecified atom stereocenters. The average molecular weight is 302 g/mol. The molecule has 112 valence electrons. The lowest BCUT2D eigenvalue weighted by Gasteiger charge is -2.15. The average Bonchev–Trinajstić information content (AvgIpc) is 2.99. The van der Waals surface area contributed by atoms with Crippen molar-refractivity contribution in [1.29, 1.82) is 0 Å². The summed E-state index contributed by atoms with van der Waals surface area (Å²) in [4.78, 5) is 0. The molecule has 1 atom stereocenters. The summed E-state index contributed by atoms with van der Waals surface area (Å²) in [7, 11) is 0. The molecule has 4 rings (SSSR count). The monoisotopic (exact) mass is 302 g/mol. The highest BCUT2D eigenvalue weighted by atomic mass is 19.1. The second kappa shape index (κ2) is 5.73. The van der Waals surface area contributed by atoms with Crippen LogP contribution >= 0.6 is 0 Å². The van der Waals surface area contributed by atoms with Gasteiger partial charge in [-0.3, -0.25) is 0 Å². The molecule has 0 saturated heterocycles. The summed E-state index contributed by atoms with van der Waals surface area (Å²) in [6.45, 7) is 0. The minimum absolute atomic E-state index is 0.126. The lowest BCUT2D eigenvalue weighted by atomic mass is 9.89. The fourth-order valence-corrected chi connectivity index (χ4v) is 3.00. The van der Waals surface area contributed by atoms with Gasteiger partial charge in [-0.2, -0.15) is 0 Å². The summed E-state index contributed by atoms with van der Waals surface area (Å²) >= 11 is 0. The number of fused-ring (bicyclic) bond motifs is 1. The highest BCUT2D eigenvalue weighted by Gasteiger charge is 2.21. The smallest absolute Gasteiger partial charge is 0.134 e. The van der Waals surface area contributed by atoms with Crippen LogP contribution < -0.4 is 0 Å². The van der Waals surface area contributed by atoms with E-state index in [4.69, 9.17) is 4.42 Å². The van der Waals surface area contributed by atoms with Crippen molar-refractivity contribution in [2.45, 2.75) is 5.92 Å². The lowest BCUT2D eigenvalue weighted by Crippen LogP contribution is -2.02. The molecule has 1 nitrogen and oxygen atoms in total. The van der Waals surface area contributed by atoms with Gasteiger partial charge in [0.15, 0.2) is 0 Å². The van der Waals surface area contributed by atoms with Crippen molar-refractivity contribution in [3.05, 3.63) is 108 Å². The van der Waals surface area contributed by atoms with Crippen molar-refractivity contribution in [2.24, 2.45) is 0 Å². The van der Waals surface area contributed by atoms with Gasteiger partial charge in [0.05, 0.1) is 5.92 Å². The third kappa shape index (κ3) is 2.64. The zero-order chi connectivity index (χ0) is 15.6. The van der Waals surface area contributed by atoms with Crippen molar-refractivity contribution < 1.29 is 8.81 Å². The second-order valence-electron chi connectivity index (χ2n) is 5.59. The first-order valence-corrected chi connectivity index (χ1v) is 7.60. The summed E-state index contributed by atoms with van der Waals surface area (Å²) < 4.78 is 19.8. The molecule has 3 aromatic carbocycles. The summed E-state index contributed by atoms with van der Waals surface area (Å²) in [6.07, 6.45) is 0. The third-order valence-electron chi connectivity index (χ3n) is 4.04. The third-order valence-corrected chi connectivity index (χ3v) is 4.04. The van der Waals surface area contributed by atoms with Crippen LogP contribution in [0.2, 0.25) is 0 Å². The van der Waals surface area contributed by atoms with Crippen LogP contribution in [0.5, 0.6) is 0 Å². The maximum atomic E-state index is 13.7. The van der Waals surface area contributed by atoms with E-state index < -0.39 is 0 Å². The minimum atomic E-state index is -0.237. The Kier molecular flexibility index (Phi) is 3.43. The zero-order valence-electron chi connectivity index (χ0n) is 12.4. The van der Waals surface area contributed by atoms with Gasteiger partial charge in [-0.25, -0.2) is 4.39 Å². The molecule has 0 aliphatic rings. The molecule has 0 saturated carbocycles. The van der Waals surface area contributed by atoms with Crippen LogP contribution in [0.3, 0.4) is 0 Å². The maximum absolute atomic E-state index is 13.7. The van der Waals surface area contributed by atoms with E-state index in [9.17, 15) is 4.39 Å². The van der Waals surface area contributed by atoms with Crippen molar-refractivity contribution >= 4 is 11.0 Å². The molecule has 23 heavy (non-hydrogen) atoms. The van der Waals surface area contributed by atoms with E-state index in [1.165, 1.54) is 6.07 Å². The van der Waals surface area contributed by atoms with Crippen molar-refractivity contribution in [2.75, 3.05) is 0 Å². The van der Waals surface area contributed by atoms with Crippen molar-refractivity contribution in [3.8, 4) is 0 Å². The highest BCUT2D eigenvalue weighted by molar-refractivity contribution is 5.78. The van der Waals surface area contributed by atoms with Crippen LogP contribution in [0.25, 0.3) is 11.0 Å². The van der Waals surface area contributed by atoms with E-state index >= 15 is 0 Å². The first-order valence-electron chi connectivity index (χ1n) is 7.60. The Bertz CT molecular complexity index is 907. The van der Waals surface area contributed by atoms with Gasteiger partial charge in [-0.15, -0.1) is 0 Å². The van der Waals surface area contributed by atoms with Gasteiger partial charge in [-0.05, 0) is 35.4 Å². The molecule has 1 heterocycles. The molecule has 0 amide bonds. The van der Waals surface area contributed by atoms with Crippen LogP contribution in [-0.4, -0.2) is 0 Å². The molecule has 1 aromatic heterocycles. The predicted molar refractivity (Wildman–Crippen MR) is 90.0 cm³/mol. The van der Waals surface area contributed by atoms with E-state index in [0.717, 1.165) is 27.9 Å². The fourth-order valence-electron chi connectivity index (χ4n) is 3.00. The van der Waals surface area contributed by atoms with E-state index in [-0.39, 0.29) is 11.7 Å². The largest absolute Gasteiger partial charge is 0.460 e. The molecule has 0 fully saturated rings. The van der Waals surface area contributed by atoms with E-state index in [1.807, 2.05) is 66.7 Å². The van der Waals surface area contributed by atoms with Crippen LogP contribution in [0.4, 0.5) is 4.39 Å². The Morgan fingerprint density at radius 2 is 1.43 bits per heavy atom. The first kappa shape index (κ1) is 13.8. The molecule has 2 heteroatoms. The van der Waals surface area contributed by atoms with Gasteiger partial charge < -0.3 is 4.42 Å². The van der Waals surface area contributed by atoms with E-state index in [1.54, 1.807) is 12.1 Å². The Balaban J connectivity index is 1.91. The Labute approximate surface area is 134 Å². The molecule has 0 spiro atoms. The summed E-state index contributed by atoms with van der Waals surface area (Å²) in [5, 5.41) is 1.06. The summed E-state index contributed by atoms with van der Waals surface area (Å²) in [6, 6.07) is 26.7. The molecule has 0 aliphatic carbocycles. The normalized spacial score (nSPS) is 12.4. The van der Waals surface area contributed by atoms with Crippen LogP contribution in [0, 0.1) is 5.82 Å². The number of benzene rings is 3. The number of rotatable bonds is 3. The quantitative estimate of drug-likeness (QED) is 0.469. The van der Waals surface area contributed by atoms with E-state index in [0.29, 0.717) is 0 Å². The van der Waals surface area contributed by atoms with Crippen molar-refractivity contribution in [1.82, 2.24) is 0 Å². The number of furan rings is 1. The van der Waals surface area contributed by atoms with Gasteiger partial charge in [0.25, 0.3) is 0 Å². The van der Waals surface area contributed by atoms with Crippen LogP contribution in [0.15, 0.2) is 89.3 Å². The lowest BCUT2D eigenvalue weighted by molar-refractivity contribution is 0.540. The van der Waals surface area contributed by atoms with Crippen LogP contribution in [-0.2, 0) is 0 Å². The topological polar surface area (TPSA) is 13.1 Å². The van der Waals surface area contributed by atoms with Gasteiger partial charge >= 0.3 is 0 Å². The van der Waals surface area contributed by atoms with Crippen LogP contribution in [0.1, 0.15) is 22.8 Å². The minimum Gasteiger partial charge on any atom is -0.460 e. The molecule has 0 aliphatic heterocycles. The van der Waals surface area contributed by atoms with Crippen molar-refractivity contribution in [3.63, 3.8) is 0 Å². The summed E-state index contributed by atoms with van der Waals surface area (Å²) in [5.74, 6) is 0.460. The SMILES string of the molecule is Fc1cccc(C(c2ccccc2)c2cc3ccccc3o2)c1. The summed E-state index contributed by atoms with van der Waals surface area (Å²) in [5.41, 5.74) is 2.81. The van der Waals surface area contributed by atoms with Gasteiger partial charge in [0.2, 0.25) is 0 Å². The second-order valence-corrected chi connectivity index (χ2v) is 5.59. The number of halogens is 1. The molecular formula is C21H15FO. The Morgan fingerprint density at radius 1 is 0.696 bits per heavy atom. The first-order chi connectivity index (χ1) is 11.3. The standard InChI is InChI=1S/C21H15FO/c22-18-11-6-10-17(13-18)21(15-7-2-1-3-8-15)20-14-16-9-4-5-12-19(16)23-20/h1-14,21H.